The summed E-state index contributed by atoms with van der Waals surface area (Å²) in [6.45, 7) is 3.53. The van der Waals surface area contributed by atoms with Gasteiger partial charge < -0.3 is 5.73 Å². The number of anilines is 1. The van der Waals surface area contributed by atoms with E-state index in [1.54, 1.807) is 6.07 Å². The fraction of sp³-hybridized carbons (Fsp3) is 0.250. The highest BCUT2D eigenvalue weighted by Crippen LogP contribution is 2.18. The molecule has 0 atom stereocenters. The van der Waals surface area contributed by atoms with Gasteiger partial charge in [-0.2, -0.15) is 0 Å². The molecule has 19 heavy (non-hydrogen) atoms. The second kappa shape index (κ2) is 5.85. The van der Waals surface area contributed by atoms with Crippen LogP contribution in [-0.4, -0.2) is 11.9 Å². The molecule has 0 aliphatic heterocycles. The molecule has 0 unspecified atom stereocenters. The van der Waals surface area contributed by atoms with E-state index >= 15 is 0 Å². The first-order chi connectivity index (χ1) is 9.06. The van der Waals surface area contributed by atoms with Crippen molar-refractivity contribution in [2.75, 3.05) is 12.8 Å². The lowest BCUT2D eigenvalue weighted by atomic mass is 10.1. The molecule has 3 heteroatoms. The molecule has 2 aromatic carbocycles. The second-order valence-corrected chi connectivity index (χ2v) is 4.97. The molecule has 0 bridgehead atoms. The monoisotopic (exact) mass is 258 g/mol. The van der Waals surface area contributed by atoms with Crippen molar-refractivity contribution >= 4 is 5.69 Å². The SMILES string of the molecule is Cc1cccc(CN(C)Cc2cccc(F)c2N)c1. The van der Waals surface area contributed by atoms with Gasteiger partial charge in [0.05, 0.1) is 5.69 Å². The topological polar surface area (TPSA) is 29.3 Å². The Labute approximate surface area is 113 Å². The molecule has 2 rings (SSSR count). The standard InChI is InChI=1S/C16H19FN2/c1-12-5-3-6-13(9-12)10-19(2)11-14-7-4-8-15(17)16(14)18/h3-9H,10-11,18H2,1-2H3. The Kier molecular flexibility index (Phi) is 4.17. The molecule has 0 aliphatic rings. The van der Waals surface area contributed by atoms with E-state index in [2.05, 4.69) is 36.1 Å². The molecule has 0 aliphatic carbocycles. The van der Waals surface area contributed by atoms with E-state index in [9.17, 15) is 4.39 Å². The van der Waals surface area contributed by atoms with Crippen LogP contribution in [0.25, 0.3) is 0 Å². The first kappa shape index (κ1) is 13.6. The summed E-state index contributed by atoms with van der Waals surface area (Å²) in [7, 11) is 2.01. The number of aryl methyl sites for hydroxylation is 1. The maximum atomic E-state index is 13.4. The molecule has 2 aromatic rings. The number of nitrogen functional groups attached to an aromatic ring is 1. The minimum absolute atomic E-state index is 0.249. The summed E-state index contributed by atoms with van der Waals surface area (Å²) in [5, 5.41) is 0. The lowest BCUT2D eigenvalue weighted by Crippen LogP contribution is -2.18. The largest absolute Gasteiger partial charge is 0.396 e. The van der Waals surface area contributed by atoms with Gasteiger partial charge in [0, 0.05) is 13.1 Å². The number of hydrogen-bond acceptors (Lipinski definition) is 2. The first-order valence-electron chi connectivity index (χ1n) is 6.33. The summed E-state index contributed by atoms with van der Waals surface area (Å²) in [5.41, 5.74) is 9.32. The maximum absolute atomic E-state index is 13.4. The summed E-state index contributed by atoms with van der Waals surface area (Å²) < 4.78 is 13.4. The van der Waals surface area contributed by atoms with Crippen LogP contribution < -0.4 is 5.73 Å². The molecule has 0 aromatic heterocycles. The Morgan fingerprint density at radius 3 is 2.58 bits per heavy atom. The van der Waals surface area contributed by atoms with Crippen LogP contribution in [0, 0.1) is 12.7 Å². The highest BCUT2D eigenvalue weighted by atomic mass is 19.1. The van der Waals surface area contributed by atoms with Crippen LogP contribution in [0.15, 0.2) is 42.5 Å². The van der Waals surface area contributed by atoms with Gasteiger partial charge in [0.2, 0.25) is 0 Å². The smallest absolute Gasteiger partial charge is 0.146 e. The zero-order valence-corrected chi connectivity index (χ0v) is 11.4. The van der Waals surface area contributed by atoms with Gasteiger partial charge in [-0.15, -0.1) is 0 Å². The highest BCUT2D eigenvalue weighted by molar-refractivity contribution is 5.47. The summed E-state index contributed by atoms with van der Waals surface area (Å²) in [6, 6.07) is 13.3. The second-order valence-electron chi connectivity index (χ2n) is 4.97. The van der Waals surface area contributed by atoms with Crippen LogP contribution in [0.4, 0.5) is 10.1 Å². The van der Waals surface area contributed by atoms with Crippen LogP contribution in [-0.2, 0) is 13.1 Å². The van der Waals surface area contributed by atoms with E-state index in [4.69, 9.17) is 5.73 Å². The van der Waals surface area contributed by atoms with E-state index < -0.39 is 0 Å². The van der Waals surface area contributed by atoms with Crippen molar-refractivity contribution in [2.24, 2.45) is 0 Å². The van der Waals surface area contributed by atoms with Gasteiger partial charge in [0.15, 0.2) is 0 Å². The number of para-hydroxylation sites is 1. The predicted octanol–water partition coefficient (Wildman–Crippen LogP) is 3.35. The quantitative estimate of drug-likeness (QED) is 0.852. The van der Waals surface area contributed by atoms with Crippen molar-refractivity contribution in [3.8, 4) is 0 Å². The molecule has 0 saturated carbocycles. The van der Waals surface area contributed by atoms with E-state index in [0.29, 0.717) is 6.54 Å². The van der Waals surface area contributed by atoms with Gasteiger partial charge in [-0.25, -0.2) is 4.39 Å². The van der Waals surface area contributed by atoms with E-state index in [1.807, 2.05) is 13.1 Å². The Morgan fingerprint density at radius 1 is 1.11 bits per heavy atom. The summed E-state index contributed by atoms with van der Waals surface area (Å²) >= 11 is 0. The molecular formula is C16H19FN2. The first-order valence-corrected chi connectivity index (χ1v) is 6.33. The Hall–Kier alpha value is -1.87. The van der Waals surface area contributed by atoms with Crippen LogP contribution in [0.3, 0.4) is 0 Å². The third kappa shape index (κ3) is 3.55. The molecule has 0 amide bonds. The van der Waals surface area contributed by atoms with Crippen molar-refractivity contribution < 1.29 is 4.39 Å². The molecule has 2 N–H and O–H groups in total. The van der Waals surface area contributed by atoms with E-state index in [-0.39, 0.29) is 11.5 Å². The van der Waals surface area contributed by atoms with Crippen molar-refractivity contribution in [3.63, 3.8) is 0 Å². The molecule has 100 valence electrons. The number of rotatable bonds is 4. The van der Waals surface area contributed by atoms with Gasteiger partial charge in [-0.1, -0.05) is 42.0 Å². The number of benzene rings is 2. The molecular weight excluding hydrogens is 239 g/mol. The van der Waals surface area contributed by atoms with Gasteiger partial charge in [-0.05, 0) is 31.2 Å². The lowest BCUT2D eigenvalue weighted by Gasteiger charge is -2.18. The third-order valence-corrected chi connectivity index (χ3v) is 3.12. The zero-order chi connectivity index (χ0) is 13.8. The van der Waals surface area contributed by atoms with Crippen LogP contribution in [0.1, 0.15) is 16.7 Å². The average molecular weight is 258 g/mol. The van der Waals surface area contributed by atoms with Crippen molar-refractivity contribution in [3.05, 3.63) is 65.0 Å². The van der Waals surface area contributed by atoms with Crippen molar-refractivity contribution in [1.29, 1.82) is 0 Å². The van der Waals surface area contributed by atoms with Crippen molar-refractivity contribution in [2.45, 2.75) is 20.0 Å². The minimum atomic E-state index is -0.346. The maximum Gasteiger partial charge on any atom is 0.146 e. The van der Waals surface area contributed by atoms with Crippen LogP contribution in [0.5, 0.6) is 0 Å². The molecule has 2 nitrogen and oxygen atoms in total. The average Bonchev–Trinajstić information content (AvgIpc) is 2.35. The highest BCUT2D eigenvalue weighted by Gasteiger charge is 2.07. The minimum Gasteiger partial charge on any atom is -0.396 e. The van der Waals surface area contributed by atoms with Gasteiger partial charge in [-0.3, -0.25) is 4.90 Å². The molecule has 0 saturated heterocycles. The Balaban J connectivity index is 2.05. The summed E-state index contributed by atoms with van der Waals surface area (Å²) in [5.74, 6) is -0.346. The number of hydrogen-bond donors (Lipinski definition) is 1. The third-order valence-electron chi connectivity index (χ3n) is 3.12. The van der Waals surface area contributed by atoms with Crippen LogP contribution >= 0.6 is 0 Å². The number of nitrogens with zero attached hydrogens (tertiary/aromatic N) is 1. The molecule has 0 heterocycles. The van der Waals surface area contributed by atoms with Crippen LogP contribution in [0.2, 0.25) is 0 Å². The molecule has 0 radical (unpaired) electrons. The van der Waals surface area contributed by atoms with Crippen molar-refractivity contribution in [1.82, 2.24) is 4.90 Å². The fourth-order valence-corrected chi connectivity index (χ4v) is 2.19. The normalized spacial score (nSPS) is 10.9. The Morgan fingerprint density at radius 2 is 1.84 bits per heavy atom. The summed E-state index contributed by atoms with van der Waals surface area (Å²) in [6.07, 6.45) is 0. The lowest BCUT2D eigenvalue weighted by molar-refractivity contribution is 0.319. The zero-order valence-electron chi connectivity index (χ0n) is 11.4. The summed E-state index contributed by atoms with van der Waals surface area (Å²) in [4.78, 5) is 2.12. The van der Waals surface area contributed by atoms with E-state index in [1.165, 1.54) is 17.2 Å². The fourth-order valence-electron chi connectivity index (χ4n) is 2.19. The van der Waals surface area contributed by atoms with Gasteiger partial charge in [0.1, 0.15) is 5.82 Å². The number of nitrogens with two attached hydrogens (primary N) is 1. The Bertz CT molecular complexity index is 566. The van der Waals surface area contributed by atoms with Gasteiger partial charge in [0.25, 0.3) is 0 Å². The molecule has 0 spiro atoms. The predicted molar refractivity (Wildman–Crippen MR) is 77.2 cm³/mol. The van der Waals surface area contributed by atoms with E-state index in [0.717, 1.165) is 12.1 Å². The van der Waals surface area contributed by atoms with Gasteiger partial charge >= 0.3 is 0 Å². The number of halogens is 1. The molecule has 0 fully saturated rings.